The van der Waals surface area contributed by atoms with E-state index < -0.39 is 0 Å². The van der Waals surface area contributed by atoms with Crippen molar-refractivity contribution >= 4 is 0 Å². The first kappa shape index (κ1) is 9.66. The fourth-order valence-corrected chi connectivity index (χ4v) is 1.93. The second kappa shape index (κ2) is 4.09. The van der Waals surface area contributed by atoms with Gasteiger partial charge in [0, 0.05) is 12.4 Å². The van der Waals surface area contributed by atoms with Gasteiger partial charge in [0.15, 0.2) is 0 Å². The van der Waals surface area contributed by atoms with E-state index in [9.17, 15) is 0 Å². The van der Waals surface area contributed by atoms with Crippen molar-refractivity contribution in [1.29, 1.82) is 0 Å². The Morgan fingerprint density at radius 2 is 2.07 bits per heavy atom. The molecule has 0 aromatic carbocycles. The average Bonchev–Trinajstić information content (AvgIpc) is 2.92. The molecule has 1 saturated heterocycles. The number of hydrogen-bond donors (Lipinski definition) is 0. The summed E-state index contributed by atoms with van der Waals surface area (Å²) < 4.78 is 5.46. The predicted molar refractivity (Wildman–Crippen MR) is 56.2 cm³/mol. The molecule has 1 fully saturated rings. The van der Waals surface area contributed by atoms with E-state index in [-0.39, 0.29) is 0 Å². The van der Waals surface area contributed by atoms with Crippen molar-refractivity contribution < 1.29 is 4.74 Å². The van der Waals surface area contributed by atoms with Crippen LogP contribution in [0.2, 0.25) is 0 Å². The number of rotatable bonds is 4. The van der Waals surface area contributed by atoms with E-state index in [4.69, 9.17) is 4.74 Å². The van der Waals surface area contributed by atoms with Gasteiger partial charge in [-0.15, -0.1) is 0 Å². The number of pyridine rings is 1. The topological polar surface area (TPSA) is 25.4 Å². The van der Waals surface area contributed by atoms with Crippen LogP contribution in [0.5, 0.6) is 0 Å². The lowest BCUT2D eigenvalue weighted by Gasteiger charge is -2.13. The largest absolute Gasteiger partial charge is 0.370 e. The van der Waals surface area contributed by atoms with Crippen LogP contribution in [0, 0.1) is 0 Å². The second-order valence-electron chi connectivity index (χ2n) is 4.00. The molecule has 2 rings (SSSR count). The molecule has 1 aliphatic heterocycles. The molecule has 0 spiro atoms. The maximum Gasteiger partial charge on any atom is 0.0844 e. The minimum Gasteiger partial charge on any atom is -0.370 e. The molecule has 0 saturated carbocycles. The highest BCUT2D eigenvalue weighted by Crippen LogP contribution is 2.33. The Balaban J connectivity index is 1.99. The molecule has 2 heterocycles. The van der Waals surface area contributed by atoms with E-state index in [2.05, 4.69) is 31.0 Å². The molecule has 1 aromatic heterocycles. The minimum atomic E-state index is 0.478. The average molecular weight is 191 g/mol. The molecule has 0 bridgehead atoms. The Kier molecular flexibility index (Phi) is 2.82. The zero-order valence-corrected chi connectivity index (χ0v) is 8.81. The van der Waals surface area contributed by atoms with Crippen molar-refractivity contribution in [2.45, 2.75) is 44.8 Å². The number of epoxide rings is 1. The summed E-state index contributed by atoms with van der Waals surface area (Å²) >= 11 is 0. The predicted octanol–water partition coefficient (Wildman–Crippen LogP) is 2.75. The van der Waals surface area contributed by atoms with Gasteiger partial charge in [0.25, 0.3) is 0 Å². The molecule has 0 radical (unpaired) electrons. The number of aromatic nitrogens is 1. The fourth-order valence-electron chi connectivity index (χ4n) is 1.93. The molecule has 2 heteroatoms. The molecular weight excluding hydrogens is 174 g/mol. The van der Waals surface area contributed by atoms with Crippen molar-refractivity contribution in [1.82, 2.24) is 4.98 Å². The highest BCUT2D eigenvalue weighted by atomic mass is 16.6. The van der Waals surface area contributed by atoms with Gasteiger partial charge in [-0.2, -0.15) is 0 Å². The maximum absolute atomic E-state index is 5.46. The summed E-state index contributed by atoms with van der Waals surface area (Å²) in [6.07, 6.45) is 7.04. The van der Waals surface area contributed by atoms with Gasteiger partial charge in [0.1, 0.15) is 0 Å². The van der Waals surface area contributed by atoms with Crippen LogP contribution < -0.4 is 0 Å². The standard InChI is InChI=1S/C12H17NO/c1-3-10(8-12-9(2)14-12)11-4-6-13-7-5-11/h4-7,9-10,12H,3,8H2,1-2H3. The SMILES string of the molecule is CCC(CC1OC1C)c1ccncc1. The molecule has 2 nitrogen and oxygen atoms in total. The maximum atomic E-state index is 5.46. The van der Waals surface area contributed by atoms with Crippen LogP contribution in [0.3, 0.4) is 0 Å². The van der Waals surface area contributed by atoms with Crippen LogP contribution in [-0.2, 0) is 4.74 Å². The summed E-state index contributed by atoms with van der Waals surface area (Å²) in [6, 6.07) is 4.22. The molecule has 14 heavy (non-hydrogen) atoms. The first-order valence-corrected chi connectivity index (χ1v) is 5.36. The Hall–Kier alpha value is -0.890. The third kappa shape index (κ3) is 2.13. The van der Waals surface area contributed by atoms with E-state index >= 15 is 0 Å². The molecule has 3 unspecified atom stereocenters. The summed E-state index contributed by atoms with van der Waals surface area (Å²) in [7, 11) is 0. The molecule has 0 N–H and O–H groups in total. The lowest BCUT2D eigenvalue weighted by molar-refractivity contribution is 0.357. The van der Waals surface area contributed by atoms with Crippen molar-refractivity contribution in [3.63, 3.8) is 0 Å². The highest BCUT2D eigenvalue weighted by molar-refractivity contribution is 5.16. The molecular formula is C12H17NO. The quantitative estimate of drug-likeness (QED) is 0.684. The van der Waals surface area contributed by atoms with Crippen LogP contribution >= 0.6 is 0 Å². The van der Waals surface area contributed by atoms with Crippen molar-refractivity contribution in [2.24, 2.45) is 0 Å². The molecule has 3 atom stereocenters. The van der Waals surface area contributed by atoms with E-state index in [0.717, 1.165) is 6.42 Å². The second-order valence-corrected chi connectivity index (χ2v) is 4.00. The lowest BCUT2D eigenvalue weighted by Crippen LogP contribution is -2.02. The fraction of sp³-hybridized carbons (Fsp3) is 0.583. The molecule has 0 amide bonds. The molecule has 1 aromatic rings. The normalized spacial score (nSPS) is 27.3. The summed E-state index contributed by atoms with van der Waals surface area (Å²) in [5, 5.41) is 0. The Morgan fingerprint density at radius 3 is 2.57 bits per heavy atom. The summed E-state index contributed by atoms with van der Waals surface area (Å²) in [5.41, 5.74) is 1.39. The van der Waals surface area contributed by atoms with E-state index in [1.165, 1.54) is 12.0 Å². The van der Waals surface area contributed by atoms with E-state index in [1.807, 2.05) is 12.4 Å². The molecule has 1 aliphatic rings. The van der Waals surface area contributed by atoms with Gasteiger partial charge >= 0.3 is 0 Å². The third-order valence-corrected chi connectivity index (χ3v) is 3.02. The van der Waals surface area contributed by atoms with Gasteiger partial charge in [0.2, 0.25) is 0 Å². The minimum absolute atomic E-state index is 0.478. The molecule has 0 aliphatic carbocycles. The van der Waals surface area contributed by atoms with Gasteiger partial charge in [-0.1, -0.05) is 6.92 Å². The van der Waals surface area contributed by atoms with Gasteiger partial charge in [-0.25, -0.2) is 0 Å². The zero-order chi connectivity index (χ0) is 9.97. The van der Waals surface area contributed by atoms with Gasteiger partial charge in [-0.3, -0.25) is 4.98 Å². The van der Waals surface area contributed by atoms with Gasteiger partial charge in [-0.05, 0) is 43.4 Å². The number of ether oxygens (including phenoxy) is 1. The van der Waals surface area contributed by atoms with Crippen LogP contribution in [0.15, 0.2) is 24.5 Å². The Labute approximate surface area is 85.3 Å². The monoisotopic (exact) mass is 191 g/mol. The summed E-state index contributed by atoms with van der Waals surface area (Å²) in [4.78, 5) is 4.04. The van der Waals surface area contributed by atoms with Crippen LogP contribution in [-0.4, -0.2) is 17.2 Å². The molecule has 76 valence electrons. The Bertz CT molecular complexity index is 286. The van der Waals surface area contributed by atoms with Gasteiger partial charge < -0.3 is 4.74 Å². The first-order chi connectivity index (χ1) is 6.81. The summed E-state index contributed by atoms with van der Waals surface area (Å²) in [6.45, 7) is 4.38. The summed E-state index contributed by atoms with van der Waals surface area (Å²) in [5.74, 6) is 0.632. The van der Waals surface area contributed by atoms with E-state index in [0.29, 0.717) is 18.1 Å². The van der Waals surface area contributed by atoms with Crippen molar-refractivity contribution in [3.05, 3.63) is 30.1 Å². The van der Waals surface area contributed by atoms with Crippen molar-refractivity contribution in [2.75, 3.05) is 0 Å². The van der Waals surface area contributed by atoms with Gasteiger partial charge in [0.05, 0.1) is 12.2 Å². The third-order valence-electron chi connectivity index (χ3n) is 3.02. The lowest BCUT2D eigenvalue weighted by atomic mass is 9.92. The van der Waals surface area contributed by atoms with E-state index in [1.54, 1.807) is 0 Å². The van der Waals surface area contributed by atoms with Crippen LogP contribution in [0.1, 0.15) is 38.2 Å². The smallest absolute Gasteiger partial charge is 0.0844 e. The van der Waals surface area contributed by atoms with Crippen LogP contribution in [0.4, 0.5) is 0 Å². The Morgan fingerprint density at radius 1 is 1.43 bits per heavy atom. The van der Waals surface area contributed by atoms with Crippen molar-refractivity contribution in [3.8, 4) is 0 Å². The number of nitrogens with zero attached hydrogens (tertiary/aromatic N) is 1. The highest BCUT2D eigenvalue weighted by Gasteiger charge is 2.35. The number of hydrogen-bond acceptors (Lipinski definition) is 2. The van der Waals surface area contributed by atoms with Crippen LogP contribution in [0.25, 0.3) is 0 Å². The zero-order valence-electron chi connectivity index (χ0n) is 8.81. The first-order valence-electron chi connectivity index (χ1n) is 5.36.